The fourth-order valence-electron chi connectivity index (χ4n) is 4.07. The first-order valence-corrected chi connectivity index (χ1v) is 10.5. The van der Waals surface area contributed by atoms with Crippen LogP contribution in [0.2, 0.25) is 0 Å². The molecule has 1 fully saturated rings. The number of fused-ring (bicyclic) bond motifs is 1. The number of benzene rings is 1. The molecule has 1 aliphatic rings. The number of ether oxygens (including phenoxy) is 1. The lowest BCUT2D eigenvalue weighted by atomic mass is 9.98. The molecular formula is C24H25N5O. The van der Waals surface area contributed by atoms with E-state index in [1.165, 1.54) is 19.3 Å². The fourth-order valence-corrected chi connectivity index (χ4v) is 4.07. The van der Waals surface area contributed by atoms with Crippen molar-refractivity contribution in [3.8, 4) is 28.5 Å². The summed E-state index contributed by atoms with van der Waals surface area (Å²) in [4.78, 5) is 17.2. The molecule has 30 heavy (non-hydrogen) atoms. The first-order valence-electron chi connectivity index (χ1n) is 10.5. The Morgan fingerprint density at radius 1 is 1.00 bits per heavy atom. The van der Waals surface area contributed by atoms with Gasteiger partial charge in [0.2, 0.25) is 5.88 Å². The Kier molecular flexibility index (Phi) is 4.83. The maximum atomic E-state index is 6.03. The third-order valence-electron chi connectivity index (χ3n) is 5.74. The van der Waals surface area contributed by atoms with Gasteiger partial charge in [0.05, 0.1) is 16.7 Å². The quantitative estimate of drug-likeness (QED) is 0.455. The van der Waals surface area contributed by atoms with Crippen molar-refractivity contribution in [3.05, 3.63) is 54.4 Å². The predicted molar refractivity (Wildman–Crippen MR) is 119 cm³/mol. The van der Waals surface area contributed by atoms with Gasteiger partial charge in [0.25, 0.3) is 0 Å². The molecular weight excluding hydrogens is 374 g/mol. The van der Waals surface area contributed by atoms with Crippen molar-refractivity contribution in [2.75, 3.05) is 5.73 Å². The van der Waals surface area contributed by atoms with Crippen LogP contribution in [0.1, 0.15) is 37.7 Å². The highest BCUT2D eigenvalue weighted by Crippen LogP contribution is 2.28. The van der Waals surface area contributed by atoms with Gasteiger partial charge in [-0.05, 0) is 68.5 Å². The number of pyridine rings is 2. The maximum absolute atomic E-state index is 6.03. The average molecular weight is 399 g/mol. The molecule has 3 N–H and O–H groups in total. The zero-order valence-electron chi connectivity index (χ0n) is 17.1. The van der Waals surface area contributed by atoms with Gasteiger partial charge in [-0.25, -0.2) is 9.97 Å². The Morgan fingerprint density at radius 3 is 2.63 bits per heavy atom. The molecule has 0 unspecified atom stereocenters. The van der Waals surface area contributed by atoms with Crippen molar-refractivity contribution < 1.29 is 4.74 Å². The molecule has 3 aromatic heterocycles. The van der Waals surface area contributed by atoms with Crippen LogP contribution in [0.4, 0.5) is 5.69 Å². The van der Waals surface area contributed by atoms with E-state index < -0.39 is 0 Å². The molecule has 0 saturated heterocycles. The lowest BCUT2D eigenvalue weighted by Crippen LogP contribution is -2.20. The normalized spacial score (nSPS) is 14.8. The summed E-state index contributed by atoms with van der Waals surface area (Å²) in [5.74, 6) is 1.49. The van der Waals surface area contributed by atoms with E-state index in [1.807, 2.05) is 42.7 Å². The van der Waals surface area contributed by atoms with Gasteiger partial charge >= 0.3 is 0 Å². The van der Waals surface area contributed by atoms with Crippen LogP contribution in [0.15, 0.2) is 48.8 Å². The molecule has 5 rings (SSSR count). The maximum Gasteiger partial charge on any atom is 0.213 e. The summed E-state index contributed by atoms with van der Waals surface area (Å²) in [5.41, 5.74) is 12.3. The highest BCUT2D eigenvalue weighted by molar-refractivity contribution is 5.82. The number of nitrogens with zero attached hydrogens (tertiary/aromatic N) is 3. The van der Waals surface area contributed by atoms with Gasteiger partial charge in [-0.2, -0.15) is 0 Å². The molecule has 1 aliphatic carbocycles. The van der Waals surface area contributed by atoms with E-state index in [2.05, 4.69) is 32.9 Å². The lowest BCUT2D eigenvalue weighted by Gasteiger charge is -2.22. The van der Waals surface area contributed by atoms with Crippen LogP contribution in [0, 0.1) is 6.92 Å². The summed E-state index contributed by atoms with van der Waals surface area (Å²) in [6.07, 6.45) is 10.1. The Hall–Kier alpha value is -3.41. The Labute approximate surface area is 175 Å². The minimum atomic E-state index is 0.302. The highest BCUT2D eigenvalue weighted by Gasteiger charge is 2.16. The van der Waals surface area contributed by atoms with Crippen LogP contribution in [-0.4, -0.2) is 26.0 Å². The molecule has 152 valence electrons. The number of hydrogen-bond donors (Lipinski definition) is 2. The van der Waals surface area contributed by atoms with Gasteiger partial charge in [-0.1, -0.05) is 6.42 Å². The number of H-pyrrole nitrogens is 1. The van der Waals surface area contributed by atoms with E-state index >= 15 is 0 Å². The number of aromatic nitrogens is 4. The lowest BCUT2D eigenvalue weighted by molar-refractivity contribution is 0.148. The molecule has 3 heterocycles. The number of imidazole rings is 1. The van der Waals surface area contributed by atoms with Gasteiger partial charge < -0.3 is 15.5 Å². The molecule has 0 atom stereocenters. The van der Waals surface area contributed by atoms with Gasteiger partial charge in [0.15, 0.2) is 0 Å². The zero-order valence-corrected chi connectivity index (χ0v) is 17.1. The minimum Gasteiger partial charge on any atom is -0.474 e. The second-order valence-electron chi connectivity index (χ2n) is 8.01. The van der Waals surface area contributed by atoms with Crippen molar-refractivity contribution in [1.82, 2.24) is 19.9 Å². The number of aryl methyl sites for hydroxylation is 1. The second-order valence-corrected chi connectivity index (χ2v) is 8.01. The monoisotopic (exact) mass is 399 g/mol. The molecule has 6 heteroatoms. The molecule has 1 saturated carbocycles. The largest absolute Gasteiger partial charge is 0.474 e. The van der Waals surface area contributed by atoms with Gasteiger partial charge in [0, 0.05) is 35.3 Å². The predicted octanol–water partition coefficient (Wildman–Crippen LogP) is 5.29. The number of nitrogen functional groups attached to an aromatic ring is 1. The first kappa shape index (κ1) is 18.6. The Morgan fingerprint density at radius 2 is 1.87 bits per heavy atom. The van der Waals surface area contributed by atoms with E-state index in [1.54, 1.807) is 0 Å². The third-order valence-corrected chi connectivity index (χ3v) is 5.74. The third kappa shape index (κ3) is 3.73. The van der Waals surface area contributed by atoms with Gasteiger partial charge in [-0.3, -0.25) is 4.98 Å². The Balaban J connectivity index is 1.37. The summed E-state index contributed by atoms with van der Waals surface area (Å²) in [5, 5.41) is 0. The average Bonchev–Trinajstić information content (AvgIpc) is 3.18. The zero-order chi connectivity index (χ0) is 20.5. The van der Waals surface area contributed by atoms with E-state index in [4.69, 9.17) is 10.5 Å². The number of nitrogens with two attached hydrogens (primary N) is 1. The van der Waals surface area contributed by atoms with Crippen LogP contribution >= 0.6 is 0 Å². The van der Waals surface area contributed by atoms with Crippen LogP contribution in [-0.2, 0) is 0 Å². The summed E-state index contributed by atoms with van der Waals surface area (Å²) >= 11 is 0. The van der Waals surface area contributed by atoms with Crippen molar-refractivity contribution in [2.24, 2.45) is 0 Å². The number of anilines is 1. The number of hydrogen-bond acceptors (Lipinski definition) is 5. The molecule has 1 aromatic carbocycles. The number of rotatable bonds is 4. The van der Waals surface area contributed by atoms with Crippen LogP contribution in [0.5, 0.6) is 5.88 Å². The topological polar surface area (TPSA) is 89.7 Å². The minimum absolute atomic E-state index is 0.302. The molecule has 0 aliphatic heterocycles. The molecule has 4 aromatic rings. The molecule has 0 spiro atoms. The fraction of sp³-hybridized carbons (Fsp3) is 0.292. The van der Waals surface area contributed by atoms with Crippen molar-refractivity contribution in [1.29, 1.82) is 0 Å². The highest BCUT2D eigenvalue weighted by atomic mass is 16.5. The second kappa shape index (κ2) is 7.78. The standard InChI is InChI=1S/C24H25N5O/c1-15-11-21(16-7-10-23(27-13-16)30-18-5-3-2-4-6-18)26-14-19(15)24-28-20-9-8-17(25)12-22(20)29-24/h7-14,18H,2-6,25H2,1H3,(H,28,29). The summed E-state index contributed by atoms with van der Waals surface area (Å²) in [6, 6.07) is 11.7. The van der Waals surface area contributed by atoms with Gasteiger partial charge in [-0.15, -0.1) is 0 Å². The van der Waals surface area contributed by atoms with Gasteiger partial charge in [0.1, 0.15) is 11.9 Å². The van der Waals surface area contributed by atoms with Crippen LogP contribution < -0.4 is 10.5 Å². The smallest absolute Gasteiger partial charge is 0.213 e. The molecule has 6 nitrogen and oxygen atoms in total. The number of aromatic amines is 1. The summed E-state index contributed by atoms with van der Waals surface area (Å²) < 4.78 is 6.03. The van der Waals surface area contributed by atoms with E-state index in [0.717, 1.165) is 52.1 Å². The van der Waals surface area contributed by atoms with Crippen molar-refractivity contribution in [2.45, 2.75) is 45.1 Å². The molecule has 0 bridgehead atoms. The van der Waals surface area contributed by atoms with Crippen LogP contribution in [0.3, 0.4) is 0 Å². The SMILES string of the molecule is Cc1cc(-c2ccc(OC3CCCCC3)nc2)ncc1-c1nc2ccc(N)cc2[nH]1. The number of nitrogens with one attached hydrogen (secondary N) is 1. The van der Waals surface area contributed by atoms with E-state index in [0.29, 0.717) is 17.7 Å². The summed E-state index contributed by atoms with van der Waals surface area (Å²) in [6.45, 7) is 2.07. The molecule has 0 radical (unpaired) electrons. The van der Waals surface area contributed by atoms with Crippen molar-refractivity contribution >= 4 is 16.7 Å². The van der Waals surface area contributed by atoms with E-state index in [9.17, 15) is 0 Å². The summed E-state index contributed by atoms with van der Waals surface area (Å²) in [7, 11) is 0. The Bertz CT molecular complexity index is 1180. The van der Waals surface area contributed by atoms with Crippen LogP contribution in [0.25, 0.3) is 33.7 Å². The van der Waals surface area contributed by atoms with E-state index in [-0.39, 0.29) is 0 Å². The van der Waals surface area contributed by atoms with Crippen molar-refractivity contribution in [3.63, 3.8) is 0 Å². The molecule has 0 amide bonds. The first-order chi connectivity index (χ1) is 14.7.